The van der Waals surface area contributed by atoms with Gasteiger partial charge in [0.25, 0.3) is 5.69 Å². The lowest BCUT2D eigenvalue weighted by Crippen LogP contribution is -2.32. The van der Waals surface area contributed by atoms with Crippen LogP contribution >= 0.6 is 11.3 Å². The summed E-state index contributed by atoms with van der Waals surface area (Å²) in [5, 5.41) is 18.2. The van der Waals surface area contributed by atoms with Gasteiger partial charge in [-0.2, -0.15) is 11.3 Å². The molecule has 2 atom stereocenters. The molecule has 172 valence electrons. The molecule has 9 heteroatoms. The van der Waals surface area contributed by atoms with E-state index >= 15 is 0 Å². The van der Waals surface area contributed by atoms with E-state index in [1.807, 2.05) is 16.8 Å². The highest BCUT2D eigenvalue weighted by atomic mass is 32.1. The van der Waals surface area contributed by atoms with Crippen molar-refractivity contribution in [1.82, 2.24) is 5.32 Å². The standard InChI is InChI=1S/C24H24N2O6S/c1-5-7-19(17-10-11-33-13-17)32-24(28)21-15(3)25-14(2)20(23(27)31-4)22(21)16-8-6-9-18(12-16)26(29)30/h5-6,8-13,19,22,25H,1,7H2,2-4H3. The summed E-state index contributed by atoms with van der Waals surface area (Å²) in [5.41, 5.74) is 2.45. The molecule has 0 aliphatic carbocycles. The molecule has 1 N–H and O–H groups in total. The predicted octanol–water partition coefficient (Wildman–Crippen LogP) is 4.92. The summed E-state index contributed by atoms with van der Waals surface area (Å²) in [4.78, 5) is 37.1. The normalized spacial score (nSPS) is 16.6. The lowest BCUT2D eigenvalue weighted by Gasteiger charge is -2.31. The zero-order chi connectivity index (χ0) is 24.1. The number of hydrogen-bond acceptors (Lipinski definition) is 8. The number of rotatable bonds is 8. The van der Waals surface area contributed by atoms with E-state index in [0.29, 0.717) is 23.4 Å². The molecule has 1 aromatic carbocycles. The molecule has 1 aromatic heterocycles. The van der Waals surface area contributed by atoms with Crippen molar-refractivity contribution in [3.63, 3.8) is 0 Å². The van der Waals surface area contributed by atoms with Gasteiger partial charge in [0.05, 0.1) is 29.1 Å². The molecule has 2 heterocycles. The second-order valence-electron chi connectivity index (χ2n) is 7.45. The number of ether oxygens (including phenoxy) is 2. The lowest BCUT2D eigenvalue weighted by atomic mass is 9.80. The number of nitrogens with one attached hydrogen (secondary N) is 1. The van der Waals surface area contributed by atoms with Crippen LogP contribution in [0.15, 0.2) is 76.3 Å². The lowest BCUT2D eigenvalue weighted by molar-refractivity contribution is -0.384. The molecule has 3 rings (SSSR count). The molecular formula is C24H24N2O6S. The van der Waals surface area contributed by atoms with Gasteiger partial charge in [0.1, 0.15) is 6.10 Å². The number of nitrogens with zero attached hydrogens (tertiary/aromatic N) is 1. The van der Waals surface area contributed by atoms with Gasteiger partial charge in [-0.05, 0) is 36.2 Å². The Morgan fingerprint density at radius 2 is 1.94 bits per heavy atom. The third kappa shape index (κ3) is 5.04. The predicted molar refractivity (Wildman–Crippen MR) is 124 cm³/mol. The largest absolute Gasteiger partial charge is 0.466 e. The highest BCUT2D eigenvalue weighted by molar-refractivity contribution is 7.07. The Labute approximate surface area is 195 Å². The molecule has 33 heavy (non-hydrogen) atoms. The minimum absolute atomic E-state index is 0.152. The molecule has 0 fully saturated rings. The van der Waals surface area contributed by atoms with E-state index in [4.69, 9.17) is 9.47 Å². The van der Waals surface area contributed by atoms with Gasteiger partial charge in [-0.3, -0.25) is 10.1 Å². The Bertz CT molecular complexity index is 1150. The summed E-state index contributed by atoms with van der Waals surface area (Å²) in [6, 6.07) is 7.73. The number of non-ortho nitro benzene ring substituents is 1. The molecule has 1 aliphatic heterocycles. The van der Waals surface area contributed by atoms with Crippen molar-refractivity contribution in [2.24, 2.45) is 0 Å². The van der Waals surface area contributed by atoms with Crippen LogP contribution in [0.25, 0.3) is 0 Å². The van der Waals surface area contributed by atoms with Gasteiger partial charge in [0, 0.05) is 35.5 Å². The van der Waals surface area contributed by atoms with Crippen LogP contribution in [0.1, 0.15) is 43.4 Å². The third-order valence-electron chi connectivity index (χ3n) is 5.34. The van der Waals surface area contributed by atoms with Gasteiger partial charge in [0.15, 0.2) is 0 Å². The topological polar surface area (TPSA) is 108 Å². The summed E-state index contributed by atoms with van der Waals surface area (Å²) in [5.74, 6) is -2.18. The second-order valence-corrected chi connectivity index (χ2v) is 8.23. The van der Waals surface area contributed by atoms with Crippen LogP contribution in [0.4, 0.5) is 5.69 Å². The Hall–Kier alpha value is -3.72. The maximum atomic E-state index is 13.5. The number of esters is 2. The Morgan fingerprint density at radius 3 is 2.52 bits per heavy atom. The summed E-state index contributed by atoms with van der Waals surface area (Å²) in [6.07, 6.45) is 1.52. The van der Waals surface area contributed by atoms with Crippen molar-refractivity contribution < 1.29 is 24.0 Å². The van der Waals surface area contributed by atoms with Crippen molar-refractivity contribution in [3.8, 4) is 0 Å². The van der Waals surface area contributed by atoms with E-state index in [0.717, 1.165) is 5.56 Å². The Morgan fingerprint density at radius 1 is 1.24 bits per heavy atom. The molecule has 2 aromatic rings. The second kappa shape index (κ2) is 10.3. The van der Waals surface area contributed by atoms with Gasteiger partial charge in [-0.1, -0.05) is 18.2 Å². The van der Waals surface area contributed by atoms with E-state index < -0.39 is 28.9 Å². The van der Waals surface area contributed by atoms with Crippen molar-refractivity contribution in [2.75, 3.05) is 7.11 Å². The van der Waals surface area contributed by atoms with Gasteiger partial charge < -0.3 is 14.8 Å². The zero-order valence-corrected chi connectivity index (χ0v) is 19.3. The highest BCUT2D eigenvalue weighted by Crippen LogP contribution is 2.41. The fourth-order valence-electron chi connectivity index (χ4n) is 3.85. The minimum atomic E-state index is -0.905. The fourth-order valence-corrected chi connectivity index (χ4v) is 4.55. The van der Waals surface area contributed by atoms with Gasteiger partial charge in [-0.25, -0.2) is 9.59 Å². The van der Waals surface area contributed by atoms with Crippen molar-refractivity contribution in [1.29, 1.82) is 0 Å². The van der Waals surface area contributed by atoms with E-state index in [1.165, 1.54) is 36.6 Å². The van der Waals surface area contributed by atoms with E-state index in [9.17, 15) is 19.7 Å². The first-order valence-electron chi connectivity index (χ1n) is 10.1. The maximum Gasteiger partial charge on any atom is 0.337 e. The van der Waals surface area contributed by atoms with Gasteiger partial charge in [-0.15, -0.1) is 6.58 Å². The van der Waals surface area contributed by atoms with Crippen LogP contribution in [0.3, 0.4) is 0 Å². The minimum Gasteiger partial charge on any atom is -0.466 e. The van der Waals surface area contributed by atoms with Crippen molar-refractivity contribution >= 4 is 29.0 Å². The Kier molecular flexibility index (Phi) is 7.44. The number of nitro benzene ring substituents is 1. The number of hydrogen-bond donors (Lipinski definition) is 1. The number of allylic oxidation sites excluding steroid dienone is 2. The van der Waals surface area contributed by atoms with Crippen LogP contribution in [0.2, 0.25) is 0 Å². The molecule has 2 unspecified atom stereocenters. The summed E-state index contributed by atoms with van der Waals surface area (Å²) < 4.78 is 10.8. The average Bonchev–Trinajstić information content (AvgIpc) is 3.32. The fraction of sp³-hybridized carbons (Fsp3) is 0.250. The monoisotopic (exact) mass is 468 g/mol. The number of thiophene rings is 1. The number of carbonyl (C=O) groups is 2. The molecule has 0 radical (unpaired) electrons. The van der Waals surface area contributed by atoms with Crippen LogP contribution in [-0.4, -0.2) is 24.0 Å². The summed E-state index contributed by atoms with van der Waals surface area (Å²) in [6.45, 7) is 7.13. The molecule has 8 nitrogen and oxygen atoms in total. The van der Waals surface area contributed by atoms with E-state index in [2.05, 4.69) is 11.9 Å². The average molecular weight is 469 g/mol. The molecule has 0 saturated heterocycles. The number of nitro groups is 1. The number of dihydropyridines is 1. The Balaban J connectivity index is 2.10. The van der Waals surface area contributed by atoms with Crippen LogP contribution in [0, 0.1) is 10.1 Å². The zero-order valence-electron chi connectivity index (χ0n) is 18.5. The van der Waals surface area contributed by atoms with Crippen LogP contribution < -0.4 is 5.32 Å². The SMILES string of the molecule is C=CCC(OC(=O)C1=C(C)NC(C)=C(C(=O)OC)C1c1cccc([N+](=O)[O-])c1)c1ccsc1. The van der Waals surface area contributed by atoms with Gasteiger partial charge in [0.2, 0.25) is 0 Å². The first kappa shape index (κ1) is 23.9. The molecule has 0 amide bonds. The number of methoxy groups -OCH3 is 1. The molecule has 0 bridgehead atoms. The van der Waals surface area contributed by atoms with Crippen molar-refractivity contribution in [2.45, 2.75) is 32.3 Å². The molecule has 0 spiro atoms. The van der Waals surface area contributed by atoms with Crippen LogP contribution in [0.5, 0.6) is 0 Å². The summed E-state index contributed by atoms with van der Waals surface area (Å²) >= 11 is 1.48. The number of carbonyl (C=O) groups excluding carboxylic acids is 2. The molecular weight excluding hydrogens is 444 g/mol. The van der Waals surface area contributed by atoms with E-state index in [1.54, 1.807) is 26.0 Å². The van der Waals surface area contributed by atoms with Crippen LogP contribution in [-0.2, 0) is 19.1 Å². The van der Waals surface area contributed by atoms with E-state index in [-0.39, 0.29) is 16.8 Å². The number of benzene rings is 1. The maximum absolute atomic E-state index is 13.5. The van der Waals surface area contributed by atoms with Crippen molar-refractivity contribution in [3.05, 3.63) is 97.5 Å². The first-order chi connectivity index (χ1) is 15.8. The van der Waals surface area contributed by atoms with Gasteiger partial charge >= 0.3 is 11.9 Å². The molecule has 0 saturated carbocycles. The first-order valence-corrected chi connectivity index (χ1v) is 11.1. The summed E-state index contributed by atoms with van der Waals surface area (Å²) in [7, 11) is 1.24. The molecule has 1 aliphatic rings. The third-order valence-corrected chi connectivity index (χ3v) is 6.05. The highest BCUT2D eigenvalue weighted by Gasteiger charge is 2.39. The quantitative estimate of drug-likeness (QED) is 0.253. The smallest absolute Gasteiger partial charge is 0.337 e.